The van der Waals surface area contributed by atoms with Crippen LogP contribution in [0.1, 0.15) is 27.7 Å². The third-order valence-corrected chi connectivity index (χ3v) is 4.09. The fourth-order valence-corrected chi connectivity index (χ4v) is 2.82. The number of aromatic nitrogens is 5. The molecule has 0 saturated carbocycles. The van der Waals surface area contributed by atoms with Crippen LogP contribution in [0.4, 0.5) is 5.82 Å². The highest BCUT2D eigenvalue weighted by atomic mass is 16.2. The van der Waals surface area contributed by atoms with Gasteiger partial charge in [0.25, 0.3) is 0 Å². The van der Waals surface area contributed by atoms with Crippen molar-refractivity contribution in [3.8, 4) is 0 Å². The van der Waals surface area contributed by atoms with Crippen LogP contribution in [-0.4, -0.2) is 61.9 Å². The van der Waals surface area contributed by atoms with Crippen molar-refractivity contribution in [3.05, 3.63) is 6.33 Å². The molecule has 0 spiro atoms. The van der Waals surface area contributed by atoms with E-state index in [2.05, 4.69) is 25.2 Å². The number of hydrogen-bond acceptors (Lipinski definition) is 6. The van der Waals surface area contributed by atoms with E-state index >= 15 is 0 Å². The summed E-state index contributed by atoms with van der Waals surface area (Å²) >= 11 is 0. The lowest BCUT2D eigenvalue weighted by atomic mass is 9.94. The molecule has 0 aliphatic carbocycles. The van der Waals surface area contributed by atoms with Gasteiger partial charge < -0.3 is 9.80 Å². The largest absolute Gasteiger partial charge is 0.351 e. The zero-order valence-corrected chi connectivity index (χ0v) is 14.2. The number of piperazine rings is 1. The normalized spacial score (nSPS) is 16.2. The van der Waals surface area contributed by atoms with E-state index in [1.807, 2.05) is 32.6 Å². The molecule has 2 aromatic rings. The standard InChI is InChI=1S/C15H23N7O/c1-5-22-13-11(18-19-22)12(16-10-17-13)20-6-8-21(9-7-20)14(23)15(2,3)4/h10H,5-9H2,1-4H3. The first-order chi connectivity index (χ1) is 10.9. The molecule has 0 bridgehead atoms. The highest BCUT2D eigenvalue weighted by molar-refractivity contribution is 5.84. The molecule has 0 aromatic carbocycles. The summed E-state index contributed by atoms with van der Waals surface area (Å²) in [6, 6.07) is 0. The maximum absolute atomic E-state index is 12.4. The van der Waals surface area contributed by atoms with Crippen LogP contribution in [0.3, 0.4) is 0 Å². The van der Waals surface area contributed by atoms with E-state index in [-0.39, 0.29) is 11.3 Å². The Morgan fingerprint density at radius 2 is 1.87 bits per heavy atom. The van der Waals surface area contributed by atoms with Gasteiger partial charge in [-0.1, -0.05) is 26.0 Å². The summed E-state index contributed by atoms with van der Waals surface area (Å²) < 4.78 is 1.76. The number of carbonyl (C=O) groups excluding carboxylic acids is 1. The molecule has 124 valence electrons. The first-order valence-corrected chi connectivity index (χ1v) is 8.00. The maximum Gasteiger partial charge on any atom is 0.228 e. The second-order valence-electron chi connectivity index (χ2n) is 6.80. The minimum Gasteiger partial charge on any atom is -0.351 e. The van der Waals surface area contributed by atoms with E-state index < -0.39 is 0 Å². The average Bonchev–Trinajstić information content (AvgIpc) is 2.96. The van der Waals surface area contributed by atoms with Gasteiger partial charge in [0.1, 0.15) is 6.33 Å². The van der Waals surface area contributed by atoms with E-state index in [4.69, 9.17) is 0 Å². The first kappa shape index (κ1) is 15.6. The summed E-state index contributed by atoms with van der Waals surface area (Å²) in [6.45, 7) is 11.5. The van der Waals surface area contributed by atoms with Crippen LogP contribution in [0.2, 0.25) is 0 Å². The fraction of sp³-hybridized carbons (Fsp3) is 0.667. The number of hydrogen-bond donors (Lipinski definition) is 0. The van der Waals surface area contributed by atoms with E-state index in [1.165, 1.54) is 0 Å². The van der Waals surface area contributed by atoms with Gasteiger partial charge in [-0.05, 0) is 6.92 Å². The number of rotatable bonds is 2. The lowest BCUT2D eigenvalue weighted by Gasteiger charge is -2.38. The molecule has 0 radical (unpaired) electrons. The Morgan fingerprint density at radius 1 is 1.17 bits per heavy atom. The smallest absolute Gasteiger partial charge is 0.228 e. The molecule has 8 heteroatoms. The summed E-state index contributed by atoms with van der Waals surface area (Å²) in [5.41, 5.74) is 1.14. The van der Waals surface area contributed by atoms with Crippen molar-refractivity contribution in [3.63, 3.8) is 0 Å². The third kappa shape index (κ3) is 2.85. The van der Waals surface area contributed by atoms with Crippen molar-refractivity contribution >= 4 is 22.9 Å². The van der Waals surface area contributed by atoms with E-state index in [0.29, 0.717) is 13.1 Å². The van der Waals surface area contributed by atoms with Gasteiger partial charge in [-0.15, -0.1) is 5.10 Å². The van der Waals surface area contributed by atoms with Crippen LogP contribution in [0.5, 0.6) is 0 Å². The van der Waals surface area contributed by atoms with Gasteiger partial charge in [-0.2, -0.15) is 0 Å². The molecule has 0 N–H and O–H groups in total. The fourth-order valence-electron chi connectivity index (χ4n) is 2.82. The van der Waals surface area contributed by atoms with Gasteiger partial charge >= 0.3 is 0 Å². The summed E-state index contributed by atoms with van der Waals surface area (Å²) in [4.78, 5) is 25.1. The minimum absolute atomic E-state index is 0.196. The predicted molar refractivity (Wildman–Crippen MR) is 87.0 cm³/mol. The van der Waals surface area contributed by atoms with E-state index in [9.17, 15) is 4.79 Å². The number of anilines is 1. The highest BCUT2D eigenvalue weighted by Crippen LogP contribution is 2.23. The van der Waals surface area contributed by atoms with Crippen LogP contribution in [0.25, 0.3) is 11.2 Å². The van der Waals surface area contributed by atoms with Gasteiger partial charge in [0.15, 0.2) is 17.0 Å². The third-order valence-electron chi connectivity index (χ3n) is 4.09. The number of amides is 1. The van der Waals surface area contributed by atoms with Crippen molar-refractivity contribution in [2.24, 2.45) is 5.41 Å². The van der Waals surface area contributed by atoms with Crippen molar-refractivity contribution in [1.82, 2.24) is 29.9 Å². The van der Waals surface area contributed by atoms with Crippen molar-refractivity contribution in [2.45, 2.75) is 34.2 Å². The van der Waals surface area contributed by atoms with Crippen molar-refractivity contribution in [1.29, 1.82) is 0 Å². The van der Waals surface area contributed by atoms with Crippen LogP contribution in [0, 0.1) is 5.41 Å². The molecule has 2 aromatic heterocycles. The summed E-state index contributed by atoms with van der Waals surface area (Å²) in [5.74, 6) is 1.000. The Morgan fingerprint density at radius 3 is 2.48 bits per heavy atom. The zero-order valence-electron chi connectivity index (χ0n) is 14.2. The number of carbonyl (C=O) groups is 1. The quantitative estimate of drug-likeness (QED) is 0.820. The molecular formula is C15H23N7O. The van der Waals surface area contributed by atoms with Gasteiger partial charge in [0.2, 0.25) is 5.91 Å². The Kier molecular flexibility index (Phi) is 3.91. The second-order valence-corrected chi connectivity index (χ2v) is 6.80. The zero-order chi connectivity index (χ0) is 16.6. The molecule has 3 rings (SSSR count). The van der Waals surface area contributed by atoms with Crippen molar-refractivity contribution < 1.29 is 4.79 Å². The molecule has 1 fully saturated rings. The number of fused-ring (bicyclic) bond motifs is 1. The van der Waals surface area contributed by atoms with Crippen LogP contribution >= 0.6 is 0 Å². The molecule has 1 aliphatic heterocycles. The highest BCUT2D eigenvalue weighted by Gasteiger charge is 2.30. The SMILES string of the molecule is CCn1nnc2c(N3CCN(C(=O)C(C)(C)C)CC3)ncnc21. The lowest BCUT2D eigenvalue weighted by Crippen LogP contribution is -2.51. The van der Waals surface area contributed by atoms with Crippen molar-refractivity contribution in [2.75, 3.05) is 31.1 Å². The predicted octanol–water partition coefficient (Wildman–Crippen LogP) is 0.936. The Bertz CT molecular complexity index is 710. The molecule has 1 aliphatic rings. The van der Waals surface area contributed by atoms with E-state index in [0.717, 1.165) is 36.6 Å². The Balaban J connectivity index is 1.78. The number of nitrogens with zero attached hydrogens (tertiary/aromatic N) is 7. The van der Waals surface area contributed by atoms with Crippen LogP contribution < -0.4 is 4.90 Å². The van der Waals surface area contributed by atoms with Gasteiger partial charge in [0.05, 0.1) is 0 Å². The monoisotopic (exact) mass is 317 g/mol. The van der Waals surface area contributed by atoms with Gasteiger partial charge in [0, 0.05) is 38.1 Å². The van der Waals surface area contributed by atoms with E-state index in [1.54, 1.807) is 11.0 Å². The van der Waals surface area contributed by atoms with Gasteiger partial charge in [-0.25, -0.2) is 14.6 Å². The number of aryl methyl sites for hydroxylation is 1. The summed E-state index contributed by atoms with van der Waals surface area (Å²) in [6.07, 6.45) is 1.56. The summed E-state index contributed by atoms with van der Waals surface area (Å²) in [7, 11) is 0. The van der Waals surface area contributed by atoms with Crippen LogP contribution in [0.15, 0.2) is 6.33 Å². The Hall–Kier alpha value is -2.25. The van der Waals surface area contributed by atoms with Crippen LogP contribution in [-0.2, 0) is 11.3 Å². The molecule has 8 nitrogen and oxygen atoms in total. The molecule has 23 heavy (non-hydrogen) atoms. The molecule has 0 unspecified atom stereocenters. The molecule has 0 atom stereocenters. The Labute approximate surface area is 135 Å². The first-order valence-electron chi connectivity index (χ1n) is 8.00. The molecular weight excluding hydrogens is 294 g/mol. The topological polar surface area (TPSA) is 80.0 Å². The lowest BCUT2D eigenvalue weighted by molar-refractivity contribution is -0.139. The average molecular weight is 317 g/mol. The van der Waals surface area contributed by atoms with Gasteiger partial charge in [-0.3, -0.25) is 4.79 Å². The summed E-state index contributed by atoms with van der Waals surface area (Å²) in [5, 5.41) is 8.34. The molecule has 1 saturated heterocycles. The molecule has 3 heterocycles. The minimum atomic E-state index is -0.339. The maximum atomic E-state index is 12.4. The molecule has 1 amide bonds. The second kappa shape index (κ2) is 5.75.